The van der Waals surface area contributed by atoms with Crippen molar-refractivity contribution in [2.75, 3.05) is 7.05 Å². The van der Waals surface area contributed by atoms with E-state index in [-0.39, 0.29) is 5.78 Å². The van der Waals surface area contributed by atoms with Crippen molar-refractivity contribution in [3.63, 3.8) is 0 Å². The van der Waals surface area contributed by atoms with Crippen LogP contribution >= 0.6 is 0 Å². The van der Waals surface area contributed by atoms with Crippen molar-refractivity contribution in [3.8, 4) is 0 Å². The number of hydrogen-bond donors (Lipinski definition) is 0. The molecular formula is C18H32N2O. The molecule has 3 heteroatoms. The maximum absolute atomic E-state index is 12.3. The quantitative estimate of drug-likeness (QED) is 0.643. The molecule has 0 spiro atoms. The Bertz CT molecular complexity index is 423. The highest BCUT2D eigenvalue weighted by Crippen LogP contribution is 2.27. The molecule has 120 valence electrons. The van der Waals surface area contributed by atoms with Crippen LogP contribution in [0.3, 0.4) is 0 Å². The SMILES string of the molecule is CCCC(=O)C(N=C1CCC(C(C)CC)N1C)=C(C)CC. The number of likely N-dealkylation sites (tertiary alicyclic amines) is 1. The summed E-state index contributed by atoms with van der Waals surface area (Å²) in [4.78, 5) is 19.4. The lowest BCUT2D eigenvalue weighted by atomic mass is 9.97. The molecular weight excluding hydrogens is 260 g/mol. The maximum atomic E-state index is 12.3. The Balaban J connectivity index is 3.00. The second-order valence-electron chi connectivity index (χ2n) is 6.29. The van der Waals surface area contributed by atoms with Crippen molar-refractivity contribution in [1.82, 2.24) is 4.90 Å². The Morgan fingerprint density at radius 1 is 1.38 bits per heavy atom. The maximum Gasteiger partial charge on any atom is 0.181 e. The highest BCUT2D eigenvalue weighted by atomic mass is 16.1. The number of amidine groups is 1. The van der Waals surface area contributed by atoms with Crippen LogP contribution in [0.5, 0.6) is 0 Å². The Hall–Kier alpha value is -1.12. The monoisotopic (exact) mass is 292 g/mol. The molecule has 0 amide bonds. The van der Waals surface area contributed by atoms with Gasteiger partial charge in [0.2, 0.25) is 0 Å². The lowest BCUT2D eigenvalue weighted by Gasteiger charge is -2.27. The Morgan fingerprint density at radius 2 is 2.05 bits per heavy atom. The molecule has 0 aromatic heterocycles. The summed E-state index contributed by atoms with van der Waals surface area (Å²) in [7, 11) is 2.13. The van der Waals surface area contributed by atoms with Crippen LogP contribution in [0.15, 0.2) is 16.3 Å². The molecule has 2 unspecified atom stereocenters. The third kappa shape index (κ3) is 4.42. The van der Waals surface area contributed by atoms with Gasteiger partial charge in [0.25, 0.3) is 0 Å². The first-order valence-electron chi connectivity index (χ1n) is 8.49. The Morgan fingerprint density at radius 3 is 2.57 bits per heavy atom. The zero-order chi connectivity index (χ0) is 16.0. The van der Waals surface area contributed by atoms with Gasteiger partial charge >= 0.3 is 0 Å². The van der Waals surface area contributed by atoms with E-state index in [1.54, 1.807) is 0 Å². The van der Waals surface area contributed by atoms with Crippen molar-refractivity contribution in [1.29, 1.82) is 0 Å². The van der Waals surface area contributed by atoms with Crippen LogP contribution in [0.25, 0.3) is 0 Å². The first-order chi connectivity index (χ1) is 9.96. The number of carbonyl (C=O) groups is 1. The van der Waals surface area contributed by atoms with Crippen LogP contribution in [0, 0.1) is 5.92 Å². The average molecular weight is 292 g/mol. The van der Waals surface area contributed by atoms with Gasteiger partial charge in [-0.25, -0.2) is 4.99 Å². The van der Waals surface area contributed by atoms with Crippen molar-refractivity contribution in [2.45, 2.75) is 79.2 Å². The minimum atomic E-state index is 0.199. The van der Waals surface area contributed by atoms with Gasteiger partial charge in [-0.1, -0.05) is 34.1 Å². The molecule has 0 aliphatic carbocycles. The average Bonchev–Trinajstić information content (AvgIpc) is 2.84. The van der Waals surface area contributed by atoms with Gasteiger partial charge in [0.15, 0.2) is 5.78 Å². The second-order valence-corrected chi connectivity index (χ2v) is 6.29. The summed E-state index contributed by atoms with van der Waals surface area (Å²) >= 11 is 0. The van der Waals surface area contributed by atoms with Gasteiger partial charge in [-0.2, -0.15) is 0 Å². The molecule has 1 saturated heterocycles. The summed E-state index contributed by atoms with van der Waals surface area (Å²) in [6.07, 6.45) is 5.71. The number of allylic oxidation sites excluding steroid dienone is 2. The highest BCUT2D eigenvalue weighted by molar-refractivity contribution is 5.99. The zero-order valence-electron chi connectivity index (χ0n) is 14.7. The van der Waals surface area contributed by atoms with Gasteiger partial charge in [0.1, 0.15) is 11.5 Å². The van der Waals surface area contributed by atoms with Crippen molar-refractivity contribution in [3.05, 3.63) is 11.3 Å². The van der Waals surface area contributed by atoms with E-state index in [1.807, 2.05) is 13.8 Å². The molecule has 21 heavy (non-hydrogen) atoms. The van der Waals surface area contributed by atoms with Crippen LogP contribution in [0.4, 0.5) is 0 Å². The molecule has 1 aliphatic heterocycles. The molecule has 0 bridgehead atoms. The first-order valence-corrected chi connectivity index (χ1v) is 8.49. The number of aliphatic imine (C=N–C) groups is 1. The molecule has 0 radical (unpaired) electrons. The minimum absolute atomic E-state index is 0.199. The summed E-state index contributed by atoms with van der Waals surface area (Å²) < 4.78 is 0. The van der Waals surface area contributed by atoms with Gasteiger partial charge in [-0.3, -0.25) is 4.79 Å². The van der Waals surface area contributed by atoms with E-state index in [9.17, 15) is 4.79 Å². The van der Waals surface area contributed by atoms with E-state index in [1.165, 1.54) is 6.42 Å². The van der Waals surface area contributed by atoms with Gasteiger partial charge < -0.3 is 4.90 Å². The second kappa shape index (κ2) is 8.35. The van der Waals surface area contributed by atoms with Crippen molar-refractivity contribution in [2.24, 2.45) is 10.9 Å². The number of hydrogen-bond acceptors (Lipinski definition) is 2. The van der Waals surface area contributed by atoms with E-state index >= 15 is 0 Å². The lowest BCUT2D eigenvalue weighted by Crippen LogP contribution is -2.33. The smallest absolute Gasteiger partial charge is 0.181 e. The third-order valence-electron chi connectivity index (χ3n) is 4.79. The van der Waals surface area contributed by atoms with Gasteiger partial charge in [-0.15, -0.1) is 0 Å². The van der Waals surface area contributed by atoms with Crippen LogP contribution in [0.1, 0.15) is 73.1 Å². The number of Topliss-reactive ketones (excluding diaryl/α,β-unsaturated/α-hetero) is 1. The first kappa shape index (κ1) is 17.9. The largest absolute Gasteiger partial charge is 0.360 e. The molecule has 2 atom stereocenters. The summed E-state index contributed by atoms with van der Waals surface area (Å²) in [5.74, 6) is 1.96. The molecule has 1 heterocycles. The minimum Gasteiger partial charge on any atom is -0.360 e. The summed E-state index contributed by atoms with van der Waals surface area (Å²) in [5, 5.41) is 0. The van der Waals surface area contributed by atoms with E-state index in [0.717, 1.165) is 37.1 Å². The molecule has 3 nitrogen and oxygen atoms in total. The van der Waals surface area contributed by atoms with Crippen molar-refractivity contribution >= 4 is 11.6 Å². The predicted molar refractivity (Wildman–Crippen MR) is 90.6 cm³/mol. The van der Waals surface area contributed by atoms with Crippen LogP contribution < -0.4 is 0 Å². The van der Waals surface area contributed by atoms with Crippen LogP contribution in [-0.2, 0) is 4.79 Å². The fourth-order valence-electron chi connectivity index (χ4n) is 2.95. The lowest BCUT2D eigenvalue weighted by molar-refractivity contribution is -0.115. The van der Waals surface area contributed by atoms with E-state index in [2.05, 4.69) is 32.7 Å². The summed E-state index contributed by atoms with van der Waals surface area (Å²) in [6.45, 7) is 10.7. The van der Waals surface area contributed by atoms with E-state index < -0.39 is 0 Å². The number of carbonyl (C=O) groups excluding carboxylic acids is 1. The zero-order valence-corrected chi connectivity index (χ0v) is 14.7. The normalized spacial score (nSPS) is 23.4. The molecule has 0 N–H and O–H groups in total. The van der Waals surface area contributed by atoms with Gasteiger partial charge in [-0.05, 0) is 37.7 Å². The van der Waals surface area contributed by atoms with E-state index in [0.29, 0.717) is 24.1 Å². The molecule has 0 aromatic rings. The Labute approximate surface area is 130 Å². The number of rotatable bonds is 7. The topological polar surface area (TPSA) is 32.7 Å². The number of ketones is 1. The molecule has 0 saturated carbocycles. The summed E-state index contributed by atoms with van der Waals surface area (Å²) in [6, 6.07) is 0.568. The van der Waals surface area contributed by atoms with Crippen molar-refractivity contribution < 1.29 is 4.79 Å². The predicted octanol–water partition coefficient (Wildman–Crippen LogP) is 4.58. The highest BCUT2D eigenvalue weighted by Gasteiger charge is 2.30. The van der Waals surface area contributed by atoms with E-state index in [4.69, 9.17) is 4.99 Å². The molecule has 1 rings (SSSR count). The molecule has 1 aliphatic rings. The molecule has 1 fully saturated rings. The third-order valence-corrected chi connectivity index (χ3v) is 4.79. The van der Waals surface area contributed by atoms with Gasteiger partial charge in [0, 0.05) is 25.9 Å². The van der Waals surface area contributed by atoms with Gasteiger partial charge in [0.05, 0.1) is 0 Å². The van der Waals surface area contributed by atoms with Crippen LogP contribution in [0.2, 0.25) is 0 Å². The standard InChI is InChI=1S/C18H32N2O/c1-7-10-16(21)18(14(5)9-3)19-17-12-11-15(20(17)6)13(4)8-2/h13,15H,7-12H2,1-6H3. The summed E-state index contributed by atoms with van der Waals surface area (Å²) in [5.41, 5.74) is 1.83. The molecule has 0 aromatic carbocycles. The fraction of sp³-hybridized carbons (Fsp3) is 0.778. The van der Waals surface area contributed by atoms with Crippen LogP contribution in [-0.4, -0.2) is 29.6 Å². The Kier molecular flexibility index (Phi) is 7.13. The fourth-order valence-corrected chi connectivity index (χ4v) is 2.95. The number of nitrogens with zero attached hydrogens (tertiary/aromatic N) is 2.